The van der Waals surface area contributed by atoms with Crippen LogP contribution in [0.5, 0.6) is 0 Å². The summed E-state index contributed by atoms with van der Waals surface area (Å²) in [6.45, 7) is 0.720. The number of amides is 3. The fourth-order valence-electron chi connectivity index (χ4n) is 3.46. The average molecular weight is 401 g/mol. The number of non-ortho nitro benzene ring substituents is 1. The van der Waals surface area contributed by atoms with Crippen LogP contribution in [0.3, 0.4) is 0 Å². The molecule has 1 aromatic carbocycles. The minimum Gasteiger partial charge on any atom is -0.454 e. The number of rotatable bonds is 6. The van der Waals surface area contributed by atoms with Gasteiger partial charge in [0, 0.05) is 17.8 Å². The predicted molar refractivity (Wildman–Crippen MR) is 99.4 cm³/mol. The summed E-state index contributed by atoms with van der Waals surface area (Å²) >= 11 is 0. The first-order valence-corrected chi connectivity index (χ1v) is 9.02. The van der Waals surface area contributed by atoms with Gasteiger partial charge >= 0.3 is 5.97 Å². The van der Waals surface area contributed by atoms with Gasteiger partial charge in [0.25, 0.3) is 11.6 Å². The number of benzene rings is 1. The van der Waals surface area contributed by atoms with E-state index in [2.05, 4.69) is 5.32 Å². The predicted octanol–water partition coefficient (Wildman–Crippen LogP) is 1.42. The first-order chi connectivity index (χ1) is 13.8. The third kappa shape index (κ3) is 4.15. The summed E-state index contributed by atoms with van der Waals surface area (Å²) in [5, 5.41) is 13.1. The lowest BCUT2D eigenvalue weighted by molar-refractivity contribution is -0.384. The number of carbonyl (C=O) groups is 4. The molecule has 29 heavy (non-hydrogen) atoms. The Labute approximate surface area is 165 Å². The van der Waals surface area contributed by atoms with Crippen LogP contribution in [0.25, 0.3) is 0 Å². The molecule has 1 aliphatic heterocycles. The van der Waals surface area contributed by atoms with Crippen molar-refractivity contribution in [3.8, 4) is 0 Å². The lowest BCUT2D eigenvalue weighted by atomic mass is 9.85. The molecule has 0 aromatic heterocycles. The second-order valence-corrected chi connectivity index (χ2v) is 6.84. The van der Waals surface area contributed by atoms with Gasteiger partial charge in [-0.25, -0.2) is 4.79 Å². The second kappa shape index (κ2) is 8.21. The summed E-state index contributed by atoms with van der Waals surface area (Å²) in [4.78, 5) is 60.3. The van der Waals surface area contributed by atoms with Crippen molar-refractivity contribution < 1.29 is 28.8 Å². The largest absolute Gasteiger partial charge is 0.454 e. The van der Waals surface area contributed by atoms with Crippen LogP contribution in [-0.4, -0.2) is 46.2 Å². The highest BCUT2D eigenvalue weighted by Crippen LogP contribution is 2.36. The SMILES string of the molecule is C[C@@H](C(=O)OCC(=O)Nc1cccc([N+](=O)[O-])c1)N1C(=O)[C@H]2CC=CC[C@H]2C1=O. The number of nitro benzene ring substituents is 1. The van der Waals surface area contributed by atoms with Gasteiger partial charge in [0.15, 0.2) is 6.61 Å². The fraction of sp³-hybridized carbons (Fsp3) is 0.368. The highest BCUT2D eigenvalue weighted by Gasteiger charge is 2.50. The van der Waals surface area contributed by atoms with E-state index in [4.69, 9.17) is 4.74 Å². The van der Waals surface area contributed by atoms with Gasteiger partial charge in [0.1, 0.15) is 6.04 Å². The number of nitro groups is 1. The quantitative estimate of drug-likeness (QED) is 0.250. The van der Waals surface area contributed by atoms with E-state index < -0.39 is 53.1 Å². The normalized spacial score (nSPS) is 21.5. The number of hydrogen-bond donors (Lipinski definition) is 1. The molecular weight excluding hydrogens is 382 g/mol. The molecule has 3 atom stereocenters. The zero-order chi connectivity index (χ0) is 21.1. The number of fused-ring (bicyclic) bond motifs is 1. The highest BCUT2D eigenvalue weighted by atomic mass is 16.6. The molecule has 10 nitrogen and oxygen atoms in total. The van der Waals surface area contributed by atoms with Crippen LogP contribution in [0, 0.1) is 22.0 Å². The minimum atomic E-state index is -1.15. The number of likely N-dealkylation sites (tertiary alicyclic amines) is 1. The molecule has 0 unspecified atom stereocenters. The van der Waals surface area contributed by atoms with Crippen molar-refractivity contribution in [1.29, 1.82) is 0 Å². The minimum absolute atomic E-state index is 0.176. The number of anilines is 1. The van der Waals surface area contributed by atoms with E-state index in [1.807, 2.05) is 12.2 Å². The van der Waals surface area contributed by atoms with Gasteiger partial charge in [0.2, 0.25) is 11.8 Å². The van der Waals surface area contributed by atoms with E-state index in [0.717, 1.165) is 4.90 Å². The third-order valence-electron chi connectivity index (χ3n) is 4.96. The molecule has 3 rings (SSSR count). The van der Waals surface area contributed by atoms with Crippen LogP contribution in [0.15, 0.2) is 36.4 Å². The molecule has 0 saturated carbocycles. The van der Waals surface area contributed by atoms with E-state index in [-0.39, 0.29) is 11.4 Å². The molecule has 1 aliphatic carbocycles. The van der Waals surface area contributed by atoms with Gasteiger partial charge in [-0.2, -0.15) is 0 Å². The first kappa shape index (κ1) is 20.2. The Hall–Kier alpha value is -3.56. The molecular formula is C19H19N3O7. The van der Waals surface area contributed by atoms with Crippen LogP contribution in [-0.2, 0) is 23.9 Å². The molecule has 1 N–H and O–H groups in total. The molecule has 1 saturated heterocycles. The zero-order valence-corrected chi connectivity index (χ0v) is 15.6. The van der Waals surface area contributed by atoms with Gasteiger partial charge in [-0.15, -0.1) is 0 Å². The summed E-state index contributed by atoms with van der Waals surface area (Å²) in [6.07, 6.45) is 4.60. The molecule has 1 fully saturated rings. The lowest BCUT2D eigenvalue weighted by Crippen LogP contribution is -2.45. The Bertz CT molecular complexity index is 885. The number of hydrogen-bond acceptors (Lipinski definition) is 7. The molecule has 0 spiro atoms. The van der Waals surface area contributed by atoms with Crippen LogP contribution in [0.2, 0.25) is 0 Å². The van der Waals surface area contributed by atoms with E-state index in [0.29, 0.717) is 12.8 Å². The maximum atomic E-state index is 12.5. The van der Waals surface area contributed by atoms with E-state index >= 15 is 0 Å². The summed E-state index contributed by atoms with van der Waals surface area (Å²) in [5.74, 6) is -3.32. The summed E-state index contributed by atoms with van der Waals surface area (Å²) < 4.78 is 4.93. The molecule has 152 valence electrons. The average Bonchev–Trinajstić information content (AvgIpc) is 2.96. The number of esters is 1. The van der Waals surface area contributed by atoms with E-state index in [9.17, 15) is 29.3 Å². The zero-order valence-electron chi connectivity index (χ0n) is 15.6. The van der Waals surface area contributed by atoms with Crippen molar-refractivity contribution in [3.05, 3.63) is 46.5 Å². The van der Waals surface area contributed by atoms with Gasteiger partial charge in [0.05, 0.1) is 16.8 Å². The van der Waals surface area contributed by atoms with Crippen LogP contribution >= 0.6 is 0 Å². The van der Waals surface area contributed by atoms with Crippen molar-refractivity contribution in [2.75, 3.05) is 11.9 Å². The topological polar surface area (TPSA) is 136 Å². The Morgan fingerprint density at radius 1 is 1.24 bits per heavy atom. The highest BCUT2D eigenvalue weighted by molar-refractivity contribution is 6.08. The Morgan fingerprint density at radius 2 is 1.86 bits per heavy atom. The summed E-state index contributed by atoms with van der Waals surface area (Å²) in [7, 11) is 0. The van der Waals surface area contributed by atoms with Gasteiger partial charge < -0.3 is 10.1 Å². The van der Waals surface area contributed by atoms with Crippen LogP contribution < -0.4 is 5.32 Å². The number of allylic oxidation sites excluding steroid dienone is 2. The Kier molecular flexibility index (Phi) is 5.71. The molecule has 3 amide bonds. The third-order valence-corrected chi connectivity index (χ3v) is 4.96. The van der Waals surface area contributed by atoms with Crippen molar-refractivity contribution in [2.45, 2.75) is 25.8 Å². The smallest absolute Gasteiger partial charge is 0.329 e. The van der Waals surface area contributed by atoms with Gasteiger partial charge in [-0.3, -0.25) is 29.4 Å². The van der Waals surface area contributed by atoms with Crippen molar-refractivity contribution in [1.82, 2.24) is 4.90 Å². The fourth-order valence-corrected chi connectivity index (χ4v) is 3.46. The Balaban J connectivity index is 1.55. The number of imide groups is 1. The number of carbonyl (C=O) groups excluding carboxylic acids is 4. The molecule has 0 bridgehead atoms. The van der Waals surface area contributed by atoms with Crippen molar-refractivity contribution in [3.63, 3.8) is 0 Å². The maximum Gasteiger partial charge on any atom is 0.329 e. The lowest BCUT2D eigenvalue weighted by Gasteiger charge is -2.21. The molecule has 10 heteroatoms. The van der Waals surface area contributed by atoms with Crippen molar-refractivity contribution >= 4 is 35.1 Å². The van der Waals surface area contributed by atoms with E-state index in [1.54, 1.807) is 0 Å². The maximum absolute atomic E-state index is 12.5. The molecule has 1 aromatic rings. The Morgan fingerprint density at radius 3 is 2.45 bits per heavy atom. The summed E-state index contributed by atoms with van der Waals surface area (Å²) in [6, 6.07) is 4.15. The van der Waals surface area contributed by atoms with Gasteiger partial charge in [-0.05, 0) is 25.8 Å². The summed E-state index contributed by atoms with van der Waals surface area (Å²) in [5.41, 5.74) is -0.0230. The molecule has 2 aliphatic rings. The van der Waals surface area contributed by atoms with Crippen LogP contribution in [0.1, 0.15) is 19.8 Å². The second-order valence-electron chi connectivity index (χ2n) is 6.84. The first-order valence-electron chi connectivity index (χ1n) is 9.02. The van der Waals surface area contributed by atoms with Crippen molar-refractivity contribution in [2.24, 2.45) is 11.8 Å². The molecule has 1 heterocycles. The number of ether oxygens (including phenoxy) is 1. The monoisotopic (exact) mass is 401 g/mol. The standard InChI is InChI=1S/C19H19N3O7/c1-11(21-17(24)14-7-2-3-8-15(14)18(21)25)19(26)29-10-16(23)20-12-5-4-6-13(9-12)22(27)28/h2-6,9,11,14-15H,7-8,10H2,1H3,(H,20,23)/t11-,14-,15+/m0/s1. The molecule has 0 radical (unpaired) electrons. The number of nitrogens with one attached hydrogen (secondary N) is 1. The van der Waals surface area contributed by atoms with Gasteiger partial charge in [-0.1, -0.05) is 18.2 Å². The number of nitrogens with zero attached hydrogens (tertiary/aromatic N) is 2. The van der Waals surface area contributed by atoms with Crippen LogP contribution in [0.4, 0.5) is 11.4 Å². The van der Waals surface area contributed by atoms with E-state index in [1.165, 1.54) is 31.2 Å².